The minimum atomic E-state index is -1.27. The highest BCUT2D eigenvalue weighted by Crippen LogP contribution is 2.23. The molecule has 5 N–H and O–H groups in total. The zero-order chi connectivity index (χ0) is 13.0. The Hall–Kier alpha value is -1.14. The van der Waals surface area contributed by atoms with E-state index in [1.54, 1.807) is 0 Å². The minimum Gasteiger partial charge on any atom is -0.480 e. The number of carboxylic acids is 1. The number of carbonyl (C=O) groups excluding carboxylic acids is 1. The van der Waals surface area contributed by atoms with Gasteiger partial charge < -0.3 is 21.3 Å². The van der Waals surface area contributed by atoms with Gasteiger partial charge in [0.15, 0.2) is 6.04 Å². The highest BCUT2D eigenvalue weighted by molar-refractivity contribution is 5.85. The summed E-state index contributed by atoms with van der Waals surface area (Å²) in [6.07, 6.45) is 2.27. The van der Waals surface area contributed by atoms with Crippen molar-refractivity contribution in [1.29, 1.82) is 0 Å². The standard InChI is InChI=1S/C11H20N2O4/c1-6(14)9(11(16)17)13-10(15)7-4-2-3-5-8(7)12/h6-9,14H,2-5,12H2,1H3,(H,13,15)(H,16,17). The fourth-order valence-electron chi connectivity index (χ4n) is 2.13. The first kappa shape index (κ1) is 13.9. The number of hydrogen-bond donors (Lipinski definition) is 4. The molecule has 0 spiro atoms. The van der Waals surface area contributed by atoms with Gasteiger partial charge in [-0.3, -0.25) is 4.79 Å². The Morgan fingerprint density at radius 3 is 2.41 bits per heavy atom. The largest absolute Gasteiger partial charge is 0.480 e. The number of amides is 1. The number of nitrogens with one attached hydrogen (secondary N) is 1. The normalized spacial score (nSPS) is 28.2. The molecule has 4 unspecified atom stereocenters. The highest BCUT2D eigenvalue weighted by Gasteiger charge is 2.32. The number of aliphatic carboxylic acids is 1. The van der Waals surface area contributed by atoms with E-state index in [2.05, 4.69) is 5.32 Å². The van der Waals surface area contributed by atoms with E-state index in [-0.39, 0.29) is 17.9 Å². The first-order valence-electron chi connectivity index (χ1n) is 5.90. The number of aliphatic hydroxyl groups is 1. The molecule has 1 fully saturated rings. The average Bonchev–Trinajstić information content (AvgIpc) is 2.25. The van der Waals surface area contributed by atoms with Crippen LogP contribution in [0.25, 0.3) is 0 Å². The third kappa shape index (κ3) is 3.67. The van der Waals surface area contributed by atoms with Crippen molar-refractivity contribution in [2.75, 3.05) is 0 Å². The number of carboxylic acid groups (broad SMARTS) is 1. The van der Waals surface area contributed by atoms with E-state index in [1.165, 1.54) is 6.92 Å². The van der Waals surface area contributed by atoms with Crippen molar-refractivity contribution < 1.29 is 19.8 Å². The maximum atomic E-state index is 11.9. The summed E-state index contributed by atoms with van der Waals surface area (Å²) in [4.78, 5) is 22.7. The van der Waals surface area contributed by atoms with Crippen molar-refractivity contribution in [3.8, 4) is 0 Å². The van der Waals surface area contributed by atoms with Crippen molar-refractivity contribution in [2.24, 2.45) is 11.7 Å². The molecule has 1 aliphatic rings. The second kappa shape index (κ2) is 5.97. The Morgan fingerprint density at radius 1 is 1.35 bits per heavy atom. The van der Waals surface area contributed by atoms with Crippen molar-refractivity contribution in [1.82, 2.24) is 5.32 Å². The van der Waals surface area contributed by atoms with Crippen molar-refractivity contribution in [2.45, 2.75) is 50.8 Å². The van der Waals surface area contributed by atoms with Crippen LogP contribution in [0.5, 0.6) is 0 Å². The van der Waals surface area contributed by atoms with E-state index in [0.717, 1.165) is 19.3 Å². The Kier molecular flexibility index (Phi) is 4.89. The molecule has 0 saturated heterocycles. The van der Waals surface area contributed by atoms with Gasteiger partial charge >= 0.3 is 5.97 Å². The van der Waals surface area contributed by atoms with Crippen LogP contribution < -0.4 is 11.1 Å². The van der Waals surface area contributed by atoms with Gasteiger partial charge in [-0.15, -0.1) is 0 Å². The fourth-order valence-corrected chi connectivity index (χ4v) is 2.13. The Bertz CT molecular complexity index is 293. The molecule has 0 radical (unpaired) electrons. The summed E-state index contributed by atoms with van der Waals surface area (Å²) < 4.78 is 0. The third-order valence-electron chi connectivity index (χ3n) is 3.20. The first-order chi connectivity index (χ1) is 7.93. The summed E-state index contributed by atoms with van der Waals surface area (Å²) >= 11 is 0. The van der Waals surface area contributed by atoms with Crippen LogP contribution in [0.3, 0.4) is 0 Å². The molecule has 1 amide bonds. The van der Waals surface area contributed by atoms with Gasteiger partial charge in [0.25, 0.3) is 0 Å². The molecule has 0 aromatic carbocycles. The molecule has 4 atom stereocenters. The lowest BCUT2D eigenvalue weighted by molar-refractivity contribution is -0.145. The molecule has 0 bridgehead atoms. The summed E-state index contributed by atoms with van der Waals surface area (Å²) in [5.41, 5.74) is 5.84. The van der Waals surface area contributed by atoms with Crippen LogP contribution in [0.1, 0.15) is 32.6 Å². The molecule has 98 valence electrons. The van der Waals surface area contributed by atoms with Gasteiger partial charge in [-0.2, -0.15) is 0 Å². The van der Waals surface area contributed by atoms with Gasteiger partial charge in [-0.05, 0) is 19.8 Å². The zero-order valence-electron chi connectivity index (χ0n) is 9.93. The van der Waals surface area contributed by atoms with E-state index in [9.17, 15) is 14.7 Å². The maximum absolute atomic E-state index is 11.9. The van der Waals surface area contributed by atoms with Crippen molar-refractivity contribution in [3.05, 3.63) is 0 Å². The molecular weight excluding hydrogens is 224 g/mol. The van der Waals surface area contributed by atoms with Gasteiger partial charge in [0.1, 0.15) is 0 Å². The topological polar surface area (TPSA) is 113 Å². The quantitative estimate of drug-likeness (QED) is 0.530. The SMILES string of the molecule is CC(O)C(NC(=O)C1CCCCC1N)C(=O)O. The zero-order valence-corrected chi connectivity index (χ0v) is 9.93. The number of aliphatic hydroxyl groups excluding tert-OH is 1. The Labute approximate surface area is 100 Å². The molecule has 17 heavy (non-hydrogen) atoms. The second-order valence-electron chi connectivity index (χ2n) is 4.62. The van der Waals surface area contributed by atoms with Crippen LogP contribution >= 0.6 is 0 Å². The predicted molar refractivity (Wildman–Crippen MR) is 61.2 cm³/mol. The molecule has 6 heteroatoms. The molecule has 1 rings (SSSR count). The number of nitrogens with two attached hydrogens (primary N) is 1. The van der Waals surface area contributed by atoms with Gasteiger partial charge in [-0.25, -0.2) is 4.79 Å². The lowest BCUT2D eigenvalue weighted by Gasteiger charge is -2.29. The second-order valence-corrected chi connectivity index (χ2v) is 4.62. The smallest absolute Gasteiger partial charge is 0.328 e. The molecule has 1 aliphatic carbocycles. The van der Waals surface area contributed by atoms with E-state index in [0.29, 0.717) is 6.42 Å². The molecule has 6 nitrogen and oxygen atoms in total. The molecule has 0 aromatic rings. The monoisotopic (exact) mass is 244 g/mol. The third-order valence-corrected chi connectivity index (χ3v) is 3.20. The number of hydrogen-bond acceptors (Lipinski definition) is 4. The number of rotatable bonds is 4. The molecule has 0 heterocycles. The van der Waals surface area contributed by atoms with E-state index in [4.69, 9.17) is 10.8 Å². The van der Waals surface area contributed by atoms with Gasteiger partial charge in [0.05, 0.1) is 12.0 Å². The van der Waals surface area contributed by atoms with E-state index >= 15 is 0 Å². The van der Waals surface area contributed by atoms with Crippen LogP contribution in [0.15, 0.2) is 0 Å². The Morgan fingerprint density at radius 2 is 1.94 bits per heavy atom. The van der Waals surface area contributed by atoms with Crippen LogP contribution in [-0.4, -0.2) is 40.3 Å². The molecular formula is C11H20N2O4. The first-order valence-corrected chi connectivity index (χ1v) is 5.90. The summed E-state index contributed by atoms with van der Waals surface area (Å²) in [5, 5.41) is 20.5. The lowest BCUT2D eigenvalue weighted by Crippen LogP contribution is -2.52. The molecule has 0 aromatic heterocycles. The molecule has 0 aliphatic heterocycles. The minimum absolute atomic E-state index is 0.216. The lowest BCUT2D eigenvalue weighted by atomic mass is 9.84. The summed E-state index contributed by atoms with van der Waals surface area (Å²) in [7, 11) is 0. The Balaban J connectivity index is 2.60. The van der Waals surface area contributed by atoms with Crippen LogP contribution in [0, 0.1) is 5.92 Å². The highest BCUT2D eigenvalue weighted by atomic mass is 16.4. The van der Waals surface area contributed by atoms with Gasteiger partial charge in [0.2, 0.25) is 5.91 Å². The molecule has 1 saturated carbocycles. The van der Waals surface area contributed by atoms with Gasteiger partial charge in [0, 0.05) is 6.04 Å². The average molecular weight is 244 g/mol. The van der Waals surface area contributed by atoms with Gasteiger partial charge in [-0.1, -0.05) is 12.8 Å². The fraction of sp³-hybridized carbons (Fsp3) is 0.818. The van der Waals surface area contributed by atoms with Crippen LogP contribution in [0.4, 0.5) is 0 Å². The van der Waals surface area contributed by atoms with Crippen molar-refractivity contribution in [3.63, 3.8) is 0 Å². The number of carbonyl (C=O) groups is 2. The van der Waals surface area contributed by atoms with Crippen LogP contribution in [0.2, 0.25) is 0 Å². The van der Waals surface area contributed by atoms with Crippen LogP contribution in [-0.2, 0) is 9.59 Å². The summed E-state index contributed by atoms with van der Waals surface area (Å²) in [6, 6.07) is -1.48. The maximum Gasteiger partial charge on any atom is 0.328 e. The van der Waals surface area contributed by atoms with Crippen molar-refractivity contribution >= 4 is 11.9 Å². The van der Waals surface area contributed by atoms with E-state index < -0.39 is 18.1 Å². The predicted octanol–water partition coefficient (Wildman–Crippen LogP) is -0.546. The summed E-state index contributed by atoms with van der Waals surface area (Å²) in [5.74, 6) is -1.95. The van der Waals surface area contributed by atoms with E-state index in [1.807, 2.05) is 0 Å². The summed E-state index contributed by atoms with van der Waals surface area (Å²) in [6.45, 7) is 1.33.